The van der Waals surface area contributed by atoms with Crippen molar-refractivity contribution in [3.8, 4) is 0 Å². The van der Waals surface area contributed by atoms with Crippen LogP contribution < -0.4 is 11.3 Å². The van der Waals surface area contributed by atoms with Crippen molar-refractivity contribution < 1.29 is 0 Å². The summed E-state index contributed by atoms with van der Waals surface area (Å²) in [7, 11) is 0. The van der Waals surface area contributed by atoms with E-state index in [-0.39, 0.29) is 0 Å². The minimum atomic E-state index is -1.91. The van der Waals surface area contributed by atoms with Crippen LogP contribution in [0.15, 0.2) is 30.3 Å². The van der Waals surface area contributed by atoms with E-state index in [0.29, 0.717) is 0 Å². The number of nitrogens with two attached hydrogens (primary N) is 2. The van der Waals surface area contributed by atoms with Gasteiger partial charge in [-0.1, -0.05) is 0 Å². The number of hydrogen-bond acceptors (Lipinski definition) is 2. The summed E-state index contributed by atoms with van der Waals surface area (Å²) in [6.45, 7) is 0. The summed E-state index contributed by atoms with van der Waals surface area (Å²) >= 11 is -1.91. The zero-order valence-electron chi connectivity index (χ0n) is 4.99. The van der Waals surface area contributed by atoms with E-state index in [9.17, 15) is 0 Å². The quantitative estimate of drug-likeness (QED) is 0.628. The van der Waals surface area contributed by atoms with Crippen LogP contribution in [-0.4, -0.2) is 20.8 Å². The standard InChI is InChI=1S/C6H5.2H2N.Sb/c1-2-4-6-5-3-1;;;/h1-5H;2*1H2;/q;2*-1;+2. The average Bonchev–Trinajstić information content (AvgIpc) is 1.90. The van der Waals surface area contributed by atoms with Crippen LogP contribution in [0.25, 0.3) is 0 Å². The molecule has 0 heterocycles. The molecule has 48 valence electrons. The molecule has 1 aromatic carbocycles. The van der Waals surface area contributed by atoms with Crippen molar-refractivity contribution in [2.45, 2.75) is 0 Å². The third-order valence-electron chi connectivity index (χ3n) is 1.05. The second-order valence-corrected chi connectivity index (χ2v) is 5.54. The van der Waals surface area contributed by atoms with Crippen LogP contribution in [0.4, 0.5) is 0 Å². The molecule has 0 unspecified atom stereocenters. The number of rotatable bonds is 1. The zero-order chi connectivity index (χ0) is 6.69. The predicted molar refractivity (Wildman–Crippen MR) is 40.2 cm³/mol. The van der Waals surface area contributed by atoms with Gasteiger partial charge in [0, 0.05) is 0 Å². The molecule has 4 N–H and O–H groups in total. The third-order valence-corrected chi connectivity index (χ3v) is 3.61. The molecule has 2 nitrogen and oxygen atoms in total. The van der Waals surface area contributed by atoms with Gasteiger partial charge >= 0.3 is 62.4 Å². The Bertz CT molecular complexity index is 174. The van der Waals surface area contributed by atoms with Gasteiger partial charge in [-0.2, -0.15) is 0 Å². The molecule has 0 amide bonds. The Morgan fingerprint density at radius 2 is 1.56 bits per heavy atom. The maximum absolute atomic E-state index is 5.57. The molecule has 0 atom stereocenters. The summed E-state index contributed by atoms with van der Waals surface area (Å²) < 4.78 is 12.3. The van der Waals surface area contributed by atoms with E-state index >= 15 is 0 Å². The summed E-state index contributed by atoms with van der Waals surface area (Å²) in [6.07, 6.45) is 0. The number of benzene rings is 1. The Kier molecular flexibility index (Phi) is 2.52. The van der Waals surface area contributed by atoms with Gasteiger partial charge < -0.3 is 0 Å². The van der Waals surface area contributed by atoms with Crippen LogP contribution in [0.1, 0.15) is 0 Å². The van der Waals surface area contributed by atoms with E-state index in [1.807, 2.05) is 30.3 Å². The molecule has 0 fully saturated rings. The summed E-state index contributed by atoms with van der Waals surface area (Å²) in [5.74, 6) is 0. The normalized spacial score (nSPS) is 10.1. The zero-order valence-corrected chi connectivity index (χ0v) is 7.54. The van der Waals surface area contributed by atoms with Gasteiger partial charge in [0.1, 0.15) is 0 Å². The van der Waals surface area contributed by atoms with Gasteiger partial charge in [-0.25, -0.2) is 0 Å². The molecule has 0 bridgehead atoms. The predicted octanol–water partition coefficient (Wildman–Crippen LogP) is -0.701. The fourth-order valence-corrected chi connectivity index (χ4v) is 2.07. The van der Waals surface area contributed by atoms with E-state index in [1.165, 1.54) is 0 Å². The molecule has 0 saturated heterocycles. The Morgan fingerprint density at radius 3 is 1.89 bits per heavy atom. The van der Waals surface area contributed by atoms with Crippen molar-refractivity contribution >= 4 is 24.3 Å². The van der Waals surface area contributed by atoms with Gasteiger partial charge in [0.25, 0.3) is 0 Å². The average molecular weight is 231 g/mol. The maximum atomic E-state index is 5.57. The van der Waals surface area contributed by atoms with E-state index < -0.39 is 20.8 Å². The van der Waals surface area contributed by atoms with Crippen LogP contribution >= 0.6 is 0 Å². The fraction of sp³-hybridized carbons (Fsp3) is 0. The van der Waals surface area contributed by atoms with Crippen molar-refractivity contribution in [2.24, 2.45) is 7.79 Å². The van der Waals surface area contributed by atoms with E-state index in [1.54, 1.807) is 0 Å². The molecule has 0 radical (unpaired) electrons. The first-order valence-corrected chi connectivity index (χ1v) is 6.87. The van der Waals surface area contributed by atoms with Gasteiger partial charge in [0.15, 0.2) is 0 Å². The Morgan fingerprint density at radius 1 is 1.00 bits per heavy atom. The van der Waals surface area contributed by atoms with Gasteiger partial charge in [0.2, 0.25) is 0 Å². The summed E-state index contributed by atoms with van der Waals surface area (Å²) in [5.41, 5.74) is 0. The first kappa shape index (κ1) is 7.07. The monoisotopic (exact) mass is 230 g/mol. The molecule has 0 aliphatic heterocycles. The molecule has 0 spiro atoms. The van der Waals surface area contributed by atoms with Crippen LogP contribution in [0.3, 0.4) is 0 Å². The van der Waals surface area contributed by atoms with Crippen molar-refractivity contribution in [2.75, 3.05) is 0 Å². The van der Waals surface area contributed by atoms with Gasteiger partial charge in [-0.3, -0.25) is 0 Å². The molecule has 0 aliphatic carbocycles. The first-order valence-electron chi connectivity index (χ1n) is 2.65. The Hall–Kier alpha value is -0.0418. The molecule has 9 heavy (non-hydrogen) atoms. The molecule has 1 aromatic rings. The second-order valence-electron chi connectivity index (χ2n) is 1.74. The number of hydrogen-bond donors (Lipinski definition) is 2. The van der Waals surface area contributed by atoms with Gasteiger partial charge in [0.05, 0.1) is 0 Å². The van der Waals surface area contributed by atoms with Gasteiger partial charge in [-0.15, -0.1) is 0 Å². The van der Waals surface area contributed by atoms with Crippen LogP contribution in [0.2, 0.25) is 0 Å². The Balaban J connectivity index is 2.85. The fourth-order valence-electron chi connectivity index (χ4n) is 0.600. The van der Waals surface area contributed by atoms with Crippen LogP contribution in [0, 0.1) is 0 Å². The molecule has 1 rings (SSSR count). The van der Waals surface area contributed by atoms with E-state index in [0.717, 1.165) is 3.51 Å². The van der Waals surface area contributed by atoms with Crippen molar-refractivity contribution in [1.29, 1.82) is 0 Å². The topological polar surface area (TPSA) is 52.0 Å². The molecular formula is C6H9N2Sb. The van der Waals surface area contributed by atoms with Crippen LogP contribution in [0.5, 0.6) is 0 Å². The second kappa shape index (κ2) is 3.21. The van der Waals surface area contributed by atoms with Crippen molar-refractivity contribution in [1.82, 2.24) is 0 Å². The Labute approximate surface area is 62.5 Å². The molecule has 0 aromatic heterocycles. The summed E-state index contributed by atoms with van der Waals surface area (Å²) in [5, 5.41) is 0. The molecule has 0 saturated carbocycles. The van der Waals surface area contributed by atoms with Crippen LogP contribution in [-0.2, 0) is 0 Å². The molecule has 0 aliphatic rings. The van der Waals surface area contributed by atoms with E-state index in [2.05, 4.69) is 0 Å². The summed E-state index contributed by atoms with van der Waals surface area (Å²) in [4.78, 5) is 0. The summed E-state index contributed by atoms with van der Waals surface area (Å²) in [6, 6.07) is 9.87. The van der Waals surface area contributed by atoms with Gasteiger partial charge in [-0.05, 0) is 0 Å². The molecular weight excluding hydrogens is 222 g/mol. The first-order chi connectivity index (χ1) is 4.30. The van der Waals surface area contributed by atoms with Crippen molar-refractivity contribution in [3.63, 3.8) is 0 Å². The minimum absolute atomic E-state index is 1.15. The SMILES string of the molecule is [NH2][Sb]([NH2])[c]1ccccc1. The third kappa shape index (κ3) is 1.98. The molecule has 3 heteroatoms. The van der Waals surface area contributed by atoms with Crippen molar-refractivity contribution in [3.05, 3.63) is 30.3 Å². The van der Waals surface area contributed by atoms with E-state index in [4.69, 9.17) is 7.79 Å².